The number of carbonyl (C=O) groups excluding carboxylic acids is 1. The first-order valence-electron chi connectivity index (χ1n) is 6.33. The molecule has 1 amide bonds. The molecule has 1 aromatic rings. The molecule has 1 aromatic carbocycles. The first-order valence-corrected chi connectivity index (χ1v) is 6.33. The predicted molar refractivity (Wildman–Crippen MR) is 72.3 cm³/mol. The van der Waals surface area contributed by atoms with Crippen molar-refractivity contribution in [1.82, 2.24) is 10.6 Å². The number of nitrogens with one attached hydrogen (secondary N) is 2. The van der Waals surface area contributed by atoms with E-state index >= 15 is 0 Å². The lowest BCUT2D eigenvalue weighted by Crippen LogP contribution is -2.44. The van der Waals surface area contributed by atoms with Crippen LogP contribution in [0.15, 0.2) is 24.3 Å². The van der Waals surface area contributed by atoms with Gasteiger partial charge in [0.2, 0.25) is 5.91 Å². The highest BCUT2D eigenvalue weighted by molar-refractivity contribution is 5.81. The molecular formula is C14H21FN2O2. The fourth-order valence-electron chi connectivity index (χ4n) is 1.80. The lowest BCUT2D eigenvalue weighted by molar-refractivity contribution is -0.123. The largest absolute Gasteiger partial charge is 0.383 e. The molecule has 0 aliphatic carbocycles. The molecule has 0 heterocycles. The van der Waals surface area contributed by atoms with Crippen LogP contribution < -0.4 is 10.6 Å². The molecule has 2 atom stereocenters. The Morgan fingerprint density at radius 2 is 2.05 bits per heavy atom. The molecule has 106 valence electrons. The van der Waals surface area contributed by atoms with Crippen molar-refractivity contribution >= 4 is 5.91 Å². The summed E-state index contributed by atoms with van der Waals surface area (Å²) >= 11 is 0. The Labute approximate surface area is 113 Å². The first kappa shape index (κ1) is 15.6. The number of hydrogen-bond acceptors (Lipinski definition) is 3. The summed E-state index contributed by atoms with van der Waals surface area (Å²) in [6.45, 7) is 4.52. The van der Waals surface area contributed by atoms with E-state index in [9.17, 15) is 9.18 Å². The van der Waals surface area contributed by atoms with E-state index in [1.807, 2.05) is 6.92 Å². The zero-order valence-corrected chi connectivity index (χ0v) is 11.6. The zero-order chi connectivity index (χ0) is 14.3. The van der Waals surface area contributed by atoms with Gasteiger partial charge in [0, 0.05) is 25.3 Å². The van der Waals surface area contributed by atoms with E-state index in [2.05, 4.69) is 10.6 Å². The Morgan fingerprint density at radius 3 is 2.68 bits per heavy atom. The Balaban J connectivity index is 2.50. The SMILES string of the molecule is COCCNC(=O)C(C)NC(C)c1ccccc1F. The summed E-state index contributed by atoms with van der Waals surface area (Å²) in [5.41, 5.74) is 0.555. The molecule has 2 N–H and O–H groups in total. The number of amides is 1. The molecule has 4 nitrogen and oxygen atoms in total. The summed E-state index contributed by atoms with van der Waals surface area (Å²) in [7, 11) is 1.58. The van der Waals surface area contributed by atoms with Crippen LogP contribution in [-0.2, 0) is 9.53 Å². The van der Waals surface area contributed by atoms with Gasteiger partial charge >= 0.3 is 0 Å². The number of rotatable bonds is 7. The van der Waals surface area contributed by atoms with Gasteiger partial charge in [-0.1, -0.05) is 18.2 Å². The maximum Gasteiger partial charge on any atom is 0.236 e. The van der Waals surface area contributed by atoms with Crippen molar-refractivity contribution in [3.8, 4) is 0 Å². The van der Waals surface area contributed by atoms with Gasteiger partial charge in [-0.2, -0.15) is 0 Å². The fourth-order valence-corrected chi connectivity index (χ4v) is 1.80. The monoisotopic (exact) mass is 268 g/mol. The molecule has 5 heteroatoms. The Bertz CT molecular complexity index is 412. The van der Waals surface area contributed by atoms with E-state index in [-0.39, 0.29) is 17.8 Å². The minimum absolute atomic E-state index is 0.125. The topological polar surface area (TPSA) is 50.4 Å². The summed E-state index contributed by atoms with van der Waals surface area (Å²) in [5.74, 6) is -0.394. The highest BCUT2D eigenvalue weighted by atomic mass is 19.1. The van der Waals surface area contributed by atoms with Crippen LogP contribution in [0.25, 0.3) is 0 Å². The fraction of sp³-hybridized carbons (Fsp3) is 0.500. The van der Waals surface area contributed by atoms with E-state index in [1.165, 1.54) is 6.07 Å². The van der Waals surface area contributed by atoms with Gasteiger partial charge in [-0.05, 0) is 19.9 Å². The molecule has 0 fully saturated rings. The van der Waals surface area contributed by atoms with E-state index in [4.69, 9.17) is 4.74 Å². The second-order valence-corrected chi connectivity index (χ2v) is 4.42. The predicted octanol–water partition coefficient (Wildman–Crippen LogP) is 1.63. The second kappa shape index (κ2) is 7.86. The molecule has 0 spiro atoms. The van der Waals surface area contributed by atoms with Gasteiger partial charge in [-0.3, -0.25) is 10.1 Å². The summed E-state index contributed by atoms with van der Waals surface area (Å²) in [4.78, 5) is 11.7. The van der Waals surface area contributed by atoms with Gasteiger partial charge in [0.15, 0.2) is 0 Å². The quantitative estimate of drug-likeness (QED) is 0.739. The first-order chi connectivity index (χ1) is 9.06. The van der Waals surface area contributed by atoms with Crippen LogP contribution in [0.4, 0.5) is 4.39 Å². The highest BCUT2D eigenvalue weighted by Crippen LogP contribution is 2.16. The van der Waals surface area contributed by atoms with Gasteiger partial charge in [0.1, 0.15) is 5.82 Å². The van der Waals surface area contributed by atoms with Crippen LogP contribution in [0, 0.1) is 5.82 Å². The standard InChI is InChI=1S/C14H21FN2O2/c1-10(12-6-4-5-7-13(12)15)17-11(2)14(18)16-8-9-19-3/h4-7,10-11,17H,8-9H2,1-3H3,(H,16,18). The molecule has 0 aliphatic rings. The van der Waals surface area contributed by atoms with Crippen molar-refractivity contribution < 1.29 is 13.9 Å². The minimum Gasteiger partial charge on any atom is -0.383 e. The maximum absolute atomic E-state index is 13.6. The van der Waals surface area contributed by atoms with Crippen molar-refractivity contribution in [2.24, 2.45) is 0 Å². The second-order valence-electron chi connectivity index (χ2n) is 4.42. The van der Waals surface area contributed by atoms with Crippen LogP contribution in [0.1, 0.15) is 25.5 Å². The summed E-state index contributed by atoms with van der Waals surface area (Å²) < 4.78 is 18.4. The Kier molecular flexibility index (Phi) is 6.45. The number of ether oxygens (including phenoxy) is 1. The molecule has 19 heavy (non-hydrogen) atoms. The molecule has 0 bridgehead atoms. The van der Waals surface area contributed by atoms with Crippen molar-refractivity contribution in [2.75, 3.05) is 20.3 Å². The van der Waals surface area contributed by atoms with Crippen LogP contribution >= 0.6 is 0 Å². The van der Waals surface area contributed by atoms with E-state index in [1.54, 1.807) is 32.2 Å². The van der Waals surface area contributed by atoms with Gasteiger partial charge in [0.05, 0.1) is 12.6 Å². The van der Waals surface area contributed by atoms with Crippen LogP contribution in [0.3, 0.4) is 0 Å². The lowest BCUT2D eigenvalue weighted by Gasteiger charge is -2.20. The maximum atomic E-state index is 13.6. The van der Waals surface area contributed by atoms with Crippen molar-refractivity contribution in [3.05, 3.63) is 35.6 Å². The van der Waals surface area contributed by atoms with Gasteiger partial charge in [0.25, 0.3) is 0 Å². The Hall–Kier alpha value is -1.46. The molecule has 0 saturated carbocycles. The number of hydrogen-bond donors (Lipinski definition) is 2. The van der Waals surface area contributed by atoms with Gasteiger partial charge in [-0.15, -0.1) is 0 Å². The van der Waals surface area contributed by atoms with E-state index < -0.39 is 6.04 Å². The van der Waals surface area contributed by atoms with Gasteiger partial charge in [-0.25, -0.2) is 4.39 Å². The summed E-state index contributed by atoms with van der Waals surface area (Å²) in [5, 5.41) is 5.81. The van der Waals surface area contributed by atoms with Crippen molar-refractivity contribution in [3.63, 3.8) is 0 Å². The molecule has 1 rings (SSSR count). The number of benzene rings is 1. The highest BCUT2D eigenvalue weighted by Gasteiger charge is 2.17. The Morgan fingerprint density at radius 1 is 1.37 bits per heavy atom. The molecular weight excluding hydrogens is 247 g/mol. The number of methoxy groups -OCH3 is 1. The van der Waals surface area contributed by atoms with Crippen LogP contribution in [0.2, 0.25) is 0 Å². The lowest BCUT2D eigenvalue weighted by atomic mass is 10.1. The van der Waals surface area contributed by atoms with Crippen molar-refractivity contribution in [2.45, 2.75) is 25.9 Å². The molecule has 0 radical (unpaired) electrons. The number of halogens is 1. The third-order valence-electron chi connectivity index (χ3n) is 2.87. The normalized spacial score (nSPS) is 13.9. The molecule has 2 unspecified atom stereocenters. The average Bonchev–Trinajstić information content (AvgIpc) is 2.39. The smallest absolute Gasteiger partial charge is 0.236 e. The molecule has 0 aliphatic heterocycles. The van der Waals surface area contributed by atoms with Gasteiger partial charge < -0.3 is 10.1 Å². The third kappa shape index (κ3) is 4.96. The molecule has 0 aromatic heterocycles. The van der Waals surface area contributed by atoms with Crippen LogP contribution in [0.5, 0.6) is 0 Å². The summed E-state index contributed by atoms with van der Waals surface area (Å²) in [6.07, 6.45) is 0. The van der Waals surface area contributed by atoms with E-state index in [0.29, 0.717) is 18.7 Å². The zero-order valence-electron chi connectivity index (χ0n) is 11.6. The van der Waals surface area contributed by atoms with Crippen LogP contribution in [-0.4, -0.2) is 32.2 Å². The third-order valence-corrected chi connectivity index (χ3v) is 2.87. The van der Waals surface area contributed by atoms with Crippen molar-refractivity contribution in [1.29, 1.82) is 0 Å². The minimum atomic E-state index is -0.397. The number of carbonyl (C=O) groups is 1. The average molecular weight is 268 g/mol. The van der Waals surface area contributed by atoms with E-state index in [0.717, 1.165) is 0 Å². The summed E-state index contributed by atoms with van der Waals surface area (Å²) in [6, 6.07) is 5.92. The molecule has 0 saturated heterocycles.